The third kappa shape index (κ3) is 2.17. The molecule has 2 saturated carbocycles. The van der Waals surface area contributed by atoms with Crippen molar-refractivity contribution >= 4 is 5.97 Å². The van der Waals surface area contributed by atoms with Crippen LogP contribution in [0.4, 0.5) is 0 Å². The van der Waals surface area contributed by atoms with Gasteiger partial charge in [-0.3, -0.25) is 4.79 Å². The molecule has 0 amide bonds. The monoisotopic (exact) mass is 290 g/mol. The van der Waals surface area contributed by atoms with Crippen molar-refractivity contribution in [2.45, 2.75) is 79.2 Å². The van der Waals surface area contributed by atoms with Gasteiger partial charge in [0.05, 0.1) is 5.41 Å². The van der Waals surface area contributed by atoms with Crippen LogP contribution in [0.3, 0.4) is 0 Å². The summed E-state index contributed by atoms with van der Waals surface area (Å²) in [5.41, 5.74) is 1.39. The van der Waals surface area contributed by atoms with Gasteiger partial charge in [-0.15, -0.1) is 0 Å². The normalized spacial score (nSPS) is 37.8. The van der Waals surface area contributed by atoms with Gasteiger partial charge >= 0.3 is 5.97 Å². The summed E-state index contributed by atoms with van der Waals surface area (Å²) in [5.74, 6) is 0.791. The molecular weight excluding hydrogens is 260 g/mol. The van der Waals surface area contributed by atoms with E-state index in [-0.39, 0.29) is 11.4 Å². The summed E-state index contributed by atoms with van der Waals surface area (Å²) in [5, 5.41) is 0. The Hall–Kier alpha value is -0.790. The Labute approximate surface area is 129 Å². The topological polar surface area (TPSA) is 26.3 Å². The standard InChI is InChI=1S/C19H30O2/c1-7-16(2,3)15(20)21-17(4,5)18(6)8-13-9-19(10-13)12-14(19)11-18/h8,14H,7,9-12H2,1-6H3. The van der Waals surface area contributed by atoms with E-state index in [4.69, 9.17) is 4.74 Å². The van der Waals surface area contributed by atoms with Crippen LogP contribution in [-0.4, -0.2) is 11.6 Å². The van der Waals surface area contributed by atoms with Gasteiger partial charge in [-0.25, -0.2) is 0 Å². The van der Waals surface area contributed by atoms with Crippen molar-refractivity contribution < 1.29 is 9.53 Å². The van der Waals surface area contributed by atoms with Crippen LogP contribution in [0.25, 0.3) is 0 Å². The van der Waals surface area contributed by atoms with Crippen LogP contribution < -0.4 is 0 Å². The van der Waals surface area contributed by atoms with E-state index in [0.717, 1.165) is 12.3 Å². The van der Waals surface area contributed by atoms with Gasteiger partial charge in [-0.1, -0.05) is 25.5 Å². The summed E-state index contributed by atoms with van der Waals surface area (Å²) >= 11 is 0. The van der Waals surface area contributed by atoms with Gasteiger partial charge in [0.2, 0.25) is 0 Å². The Morgan fingerprint density at radius 1 is 1.29 bits per heavy atom. The van der Waals surface area contributed by atoms with E-state index in [1.54, 1.807) is 5.57 Å². The van der Waals surface area contributed by atoms with Crippen molar-refractivity contribution in [1.29, 1.82) is 0 Å². The lowest BCUT2D eigenvalue weighted by molar-refractivity contribution is -0.177. The lowest BCUT2D eigenvalue weighted by Gasteiger charge is -2.43. The molecule has 0 aromatic carbocycles. The minimum absolute atomic E-state index is 0.0266. The molecule has 4 aliphatic carbocycles. The number of carbonyl (C=O) groups is 1. The van der Waals surface area contributed by atoms with Crippen molar-refractivity contribution in [3.8, 4) is 0 Å². The van der Waals surface area contributed by atoms with Crippen molar-refractivity contribution in [3.63, 3.8) is 0 Å². The Morgan fingerprint density at radius 3 is 2.48 bits per heavy atom. The number of allylic oxidation sites excluding steroid dienone is 1. The van der Waals surface area contributed by atoms with Crippen molar-refractivity contribution in [1.82, 2.24) is 0 Å². The Kier molecular flexibility index (Phi) is 2.98. The molecule has 1 spiro atoms. The Balaban J connectivity index is 1.81. The maximum atomic E-state index is 12.5. The Bertz CT molecular complexity index is 504. The maximum Gasteiger partial charge on any atom is 0.312 e. The molecule has 0 aliphatic heterocycles. The molecule has 0 radical (unpaired) electrons. The highest BCUT2D eigenvalue weighted by Gasteiger charge is 2.64. The molecule has 2 heteroatoms. The average Bonchev–Trinajstić information content (AvgIpc) is 3.02. The van der Waals surface area contributed by atoms with Crippen LogP contribution in [0, 0.1) is 22.2 Å². The summed E-state index contributed by atoms with van der Waals surface area (Å²) in [6.07, 6.45) is 8.42. The number of ether oxygens (including phenoxy) is 1. The minimum atomic E-state index is -0.440. The predicted octanol–water partition coefficient (Wildman–Crippen LogP) is 4.88. The second kappa shape index (κ2) is 4.14. The van der Waals surface area contributed by atoms with E-state index in [2.05, 4.69) is 26.8 Å². The van der Waals surface area contributed by atoms with Crippen LogP contribution in [0.2, 0.25) is 0 Å². The zero-order valence-corrected chi connectivity index (χ0v) is 14.5. The second-order valence-corrected chi connectivity index (χ2v) is 9.18. The van der Waals surface area contributed by atoms with Gasteiger partial charge in [0.1, 0.15) is 5.60 Å². The van der Waals surface area contributed by atoms with Gasteiger partial charge in [-0.05, 0) is 71.1 Å². The molecule has 21 heavy (non-hydrogen) atoms. The van der Waals surface area contributed by atoms with Crippen molar-refractivity contribution in [3.05, 3.63) is 11.6 Å². The average molecular weight is 290 g/mol. The fourth-order valence-corrected chi connectivity index (χ4v) is 4.18. The van der Waals surface area contributed by atoms with E-state index < -0.39 is 11.0 Å². The van der Waals surface area contributed by atoms with Gasteiger partial charge in [-0.2, -0.15) is 0 Å². The number of fused-ring (bicyclic) bond motifs is 2. The fraction of sp³-hybridized carbons (Fsp3) is 0.842. The van der Waals surface area contributed by atoms with E-state index in [9.17, 15) is 4.79 Å². The highest BCUT2D eigenvalue weighted by Crippen LogP contribution is 2.73. The zero-order chi connectivity index (χ0) is 15.7. The molecule has 0 N–H and O–H groups in total. The number of hydrogen-bond donors (Lipinski definition) is 0. The highest BCUT2D eigenvalue weighted by atomic mass is 16.6. The van der Waals surface area contributed by atoms with Crippen LogP contribution in [-0.2, 0) is 9.53 Å². The SMILES string of the molecule is CCC(C)(C)C(=O)OC(C)(C)C1(C)C=C2CC3(C2)CC3C1. The van der Waals surface area contributed by atoms with Gasteiger partial charge in [0.15, 0.2) is 0 Å². The molecule has 118 valence electrons. The molecule has 4 aliphatic rings. The van der Waals surface area contributed by atoms with Gasteiger partial charge in [0, 0.05) is 5.41 Å². The summed E-state index contributed by atoms with van der Waals surface area (Å²) in [6, 6.07) is 0. The van der Waals surface area contributed by atoms with Gasteiger partial charge < -0.3 is 4.74 Å². The first-order valence-electron chi connectivity index (χ1n) is 8.48. The third-order valence-corrected chi connectivity index (χ3v) is 6.87. The first-order chi connectivity index (χ1) is 9.54. The highest BCUT2D eigenvalue weighted by molar-refractivity contribution is 5.76. The van der Waals surface area contributed by atoms with E-state index >= 15 is 0 Å². The Morgan fingerprint density at radius 2 is 1.90 bits per heavy atom. The number of rotatable bonds is 4. The molecule has 0 saturated heterocycles. The molecule has 2 fully saturated rings. The molecule has 2 atom stereocenters. The fourth-order valence-electron chi connectivity index (χ4n) is 4.18. The smallest absolute Gasteiger partial charge is 0.312 e. The number of carbonyl (C=O) groups excluding carboxylic acids is 1. The van der Waals surface area contributed by atoms with Crippen LogP contribution in [0.15, 0.2) is 11.6 Å². The summed E-state index contributed by atoms with van der Waals surface area (Å²) in [6.45, 7) is 12.5. The lowest BCUT2D eigenvalue weighted by Crippen LogP contribution is -2.46. The predicted molar refractivity (Wildman–Crippen MR) is 84.8 cm³/mol. The molecule has 2 nitrogen and oxygen atoms in total. The van der Waals surface area contributed by atoms with Crippen molar-refractivity contribution in [2.75, 3.05) is 0 Å². The van der Waals surface area contributed by atoms with Crippen LogP contribution in [0.5, 0.6) is 0 Å². The molecule has 2 bridgehead atoms. The zero-order valence-electron chi connectivity index (χ0n) is 14.5. The minimum Gasteiger partial charge on any atom is -0.458 e. The molecular formula is C19H30O2. The first-order valence-corrected chi connectivity index (χ1v) is 8.48. The van der Waals surface area contributed by atoms with E-state index in [1.807, 2.05) is 20.8 Å². The lowest BCUT2D eigenvalue weighted by atomic mass is 9.70. The largest absolute Gasteiger partial charge is 0.458 e. The maximum absolute atomic E-state index is 12.5. The molecule has 4 rings (SSSR count). The van der Waals surface area contributed by atoms with E-state index in [0.29, 0.717) is 5.41 Å². The van der Waals surface area contributed by atoms with Crippen LogP contribution in [0.1, 0.15) is 73.6 Å². The molecule has 2 unspecified atom stereocenters. The van der Waals surface area contributed by atoms with Crippen LogP contribution >= 0.6 is 0 Å². The summed E-state index contributed by atoms with van der Waals surface area (Å²) < 4.78 is 6.04. The summed E-state index contributed by atoms with van der Waals surface area (Å²) in [4.78, 5) is 12.5. The second-order valence-electron chi connectivity index (χ2n) is 9.18. The number of esters is 1. The molecule has 0 heterocycles. The quantitative estimate of drug-likeness (QED) is 0.545. The first kappa shape index (κ1) is 15.1. The molecule has 0 aromatic heterocycles. The van der Waals surface area contributed by atoms with Gasteiger partial charge in [0.25, 0.3) is 0 Å². The molecule has 0 aromatic rings. The number of hydrogen-bond acceptors (Lipinski definition) is 2. The summed E-state index contributed by atoms with van der Waals surface area (Å²) in [7, 11) is 0. The third-order valence-electron chi connectivity index (χ3n) is 6.87. The van der Waals surface area contributed by atoms with Crippen molar-refractivity contribution in [2.24, 2.45) is 22.2 Å². The van der Waals surface area contributed by atoms with E-state index in [1.165, 1.54) is 25.7 Å².